The van der Waals surface area contributed by atoms with Gasteiger partial charge in [0.15, 0.2) is 5.69 Å². The van der Waals surface area contributed by atoms with Gasteiger partial charge in [-0.25, -0.2) is 0 Å². The molecule has 0 saturated heterocycles. The molecular formula is C13H20N4O. The molecule has 1 aromatic rings. The van der Waals surface area contributed by atoms with Crippen molar-refractivity contribution in [2.75, 3.05) is 18.4 Å². The maximum Gasteiger partial charge on any atom is 0.271 e. The minimum atomic E-state index is -0.141. The van der Waals surface area contributed by atoms with Gasteiger partial charge < -0.3 is 10.6 Å². The summed E-state index contributed by atoms with van der Waals surface area (Å²) in [4.78, 5) is 11.8. The van der Waals surface area contributed by atoms with Crippen LogP contribution in [0.1, 0.15) is 43.6 Å². The molecule has 1 aromatic heterocycles. The second kappa shape index (κ2) is 5.33. The van der Waals surface area contributed by atoms with Gasteiger partial charge in [0.05, 0.1) is 0 Å². The molecule has 18 heavy (non-hydrogen) atoms. The lowest BCUT2D eigenvalue weighted by Crippen LogP contribution is -2.29. The molecule has 1 aliphatic carbocycles. The molecule has 0 radical (unpaired) electrons. The fourth-order valence-corrected chi connectivity index (χ4v) is 1.58. The average Bonchev–Trinajstić information content (AvgIpc) is 3.13. The number of amides is 1. The summed E-state index contributed by atoms with van der Waals surface area (Å²) in [6.45, 7) is 5.85. The summed E-state index contributed by atoms with van der Waals surface area (Å²) in [7, 11) is 0. The van der Waals surface area contributed by atoms with E-state index in [1.165, 1.54) is 12.8 Å². The average molecular weight is 248 g/mol. The summed E-state index contributed by atoms with van der Waals surface area (Å²) in [5.74, 6) is 0.570. The number of carbonyl (C=O) groups is 1. The topological polar surface area (TPSA) is 66.9 Å². The lowest BCUT2D eigenvalue weighted by Gasteiger charge is -2.09. The van der Waals surface area contributed by atoms with Gasteiger partial charge >= 0.3 is 0 Å². The van der Waals surface area contributed by atoms with Crippen LogP contribution >= 0.6 is 0 Å². The van der Waals surface area contributed by atoms with Crippen molar-refractivity contribution in [2.24, 2.45) is 5.41 Å². The summed E-state index contributed by atoms with van der Waals surface area (Å²) in [5.41, 5.74) is 0.687. The molecule has 98 valence electrons. The van der Waals surface area contributed by atoms with Crippen molar-refractivity contribution in [3.8, 4) is 0 Å². The number of nitrogens with one attached hydrogen (secondary N) is 2. The minimum Gasteiger partial charge on any atom is -0.369 e. The number of hydrogen-bond donors (Lipinski definition) is 2. The zero-order valence-electron chi connectivity index (χ0n) is 11.0. The van der Waals surface area contributed by atoms with E-state index in [0.717, 1.165) is 19.5 Å². The van der Waals surface area contributed by atoms with Crippen LogP contribution in [0.25, 0.3) is 0 Å². The molecule has 0 spiro atoms. The molecule has 0 aliphatic heterocycles. The Kier molecular flexibility index (Phi) is 3.79. The van der Waals surface area contributed by atoms with E-state index in [-0.39, 0.29) is 5.91 Å². The molecule has 1 fully saturated rings. The summed E-state index contributed by atoms with van der Waals surface area (Å²) in [6.07, 6.45) is 3.42. The summed E-state index contributed by atoms with van der Waals surface area (Å²) >= 11 is 0. The lowest BCUT2D eigenvalue weighted by atomic mass is 10.1. The molecule has 1 heterocycles. The van der Waals surface area contributed by atoms with Crippen molar-refractivity contribution in [3.63, 3.8) is 0 Å². The van der Waals surface area contributed by atoms with E-state index in [2.05, 4.69) is 34.7 Å². The molecule has 2 N–H and O–H groups in total. The van der Waals surface area contributed by atoms with Crippen LogP contribution in [0.4, 0.5) is 5.82 Å². The normalized spacial score (nSPS) is 16.1. The molecule has 2 rings (SSSR count). The van der Waals surface area contributed by atoms with Crippen molar-refractivity contribution in [1.82, 2.24) is 15.5 Å². The van der Waals surface area contributed by atoms with Gasteiger partial charge in [-0.2, -0.15) is 0 Å². The van der Waals surface area contributed by atoms with Crippen molar-refractivity contribution in [2.45, 2.75) is 33.1 Å². The Morgan fingerprint density at radius 1 is 1.39 bits per heavy atom. The SMILES string of the molecule is CCCNc1ccc(C(=O)NCC2(C)CC2)nn1. The van der Waals surface area contributed by atoms with Gasteiger partial charge in [-0.05, 0) is 36.8 Å². The van der Waals surface area contributed by atoms with Gasteiger partial charge in [0.25, 0.3) is 5.91 Å². The van der Waals surface area contributed by atoms with E-state index >= 15 is 0 Å². The number of hydrogen-bond acceptors (Lipinski definition) is 4. The van der Waals surface area contributed by atoms with Crippen LogP contribution in [0.15, 0.2) is 12.1 Å². The van der Waals surface area contributed by atoms with Gasteiger partial charge in [-0.3, -0.25) is 4.79 Å². The van der Waals surface area contributed by atoms with E-state index in [1.807, 2.05) is 0 Å². The highest BCUT2D eigenvalue weighted by atomic mass is 16.1. The Hall–Kier alpha value is -1.65. The van der Waals surface area contributed by atoms with Gasteiger partial charge in [-0.1, -0.05) is 13.8 Å². The van der Waals surface area contributed by atoms with Gasteiger partial charge in [0.1, 0.15) is 5.82 Å². The predicted molar refractivity (Wildman–Crippen MR) is 70.5 cm³/mol. The van der Waals surface area contributed by atoms with Gasteiger partial charge in [-0.15, -0.1) is 10.2 Å². The second-order valence-electron chi connectivity index (χ2n) is 5.22. The van der Waals surface area contributed by atoms with Crippen LogP contribution in [0.5, 0.6) is 0 Å². The summed E-state index contributed by atoms with van der Waals surface area (Å²) < 4.78 is 0. The smallest absolute Gasteiger partial charge is 0.271 e. The summed E-state index contributed by atoms with van der Waals surface area (Å²) in [5, 5.41) is 13.9. The largest absolute Gasteiger partial charge is 0.369 e. The molecule has 5 nitrogen and oxygen atoms in total. The lowest BCUT2D eigenvalue weighted by molar-refractivity contribution is 0.0940. The highest BCUT2D eigenvalue weighted by Crippen LogP contribution is 2.44. The second-order valence-corrected chi connectivity index (χ2v) is 5.22. The maximum absolute atomic E-state index is 11.8. The molecule has 1 amide bonds. The van der Waals surface area contributed by atoms with Crippen LogP contribution in [-0.4, -0.2) is 29.2 Å². The minimum absolute atomic E-state index is 0.141. The Labute approximate surface area is 107 Å². The van der Waals surface area contributed by atoms with Crippen LogP contribution in [0, 0.1) is 5.41 Å². The third-order valence-electron chi connectivity index (χ3n) is 3.23. The number of nitrogens with zero attached hydrogens (tertiary/aromatic N) is 2. The highest BCUT2D eigenvalue weighted by Gasteiger charge is 2.37. The van der Waals surface area contributed by atoms with Gasteiger partial charge in [0.2, 0.25) is 0 Å². The van der Waals surface area contributed by atoms with Gasteiger partial charge in [0, 0.05) is 13.1 Å². The fourth-order valence-electron chi connectivity index (χ4n) is 1.58. The number of carbonyl (C=O) groups excluding carboxylic acids is 1. The molecule has 0 atom stereocenters. The van der Waals surface area contributed by atoms with Crippen LogP contribution in [0.3, 0.4) is 0 Å². The Morgan fingerprint density at radius 3 is 2.72 bits per heavy atom. The Balaban J connectivity index is 1.85. The van der Waals surface area contributed by atoms with Crippen LogP contribution < -0.4 is 10.6 Å². The third kappa shape index (κ3) is 3.42. The van der Waals surface area contributed by atoms with E-state index < -0.39 is 0 Å². The monoisotopic (exact) mass is 248 g/mol. The number of rotatable bonds is 6. The molecule has 5 heteroatoms. The first-order valence-corrected chi connectivity index (χ1v) is 6.49. The van der Waals surface area contributed by atoms with Crippen LogP contribution in [-0.2, 0) is 0 Å². The number of anilines is 1. The van der Waals surface area contributed by atoms with Crippen molar-refractivity contribution in [1.29, 1.82) is 0 Å². The first kappa shape index (κ1) is 12.8. The highest BCUT2D eigenvalue weighted by molar-refractivity contribution is 5.92. The van der Waals surface area contributed by atoms with Crippen molar-refractivity contribution in [3.05, 3.63) is 17.8 Å². The third-order valence-corrected chi connectivity index (χ3v) is 3.23. The molecule has 0 aromatic carbocycles. The standard InChI is InChI=1S/C13H20N4O/c1-3-8-14-11-5-4-10(16-17-11)12(18)15-9-13(2)6-7-13/h4-5H,3,6-9H2,1-2H3,(H,14,17)(H,15,18). The first-order valence-electron chi connectivity index (χ1n) is 6.49. The predicted octanol–water partition coefficient (Wildman–Crippen LogP) is 1.83. The zero-order valence-corrected chi connectivity index (χ0v) is 11.0. The fraction of sp³-hybridized carbons (Fsp3) is 0.615. The van der Waals surface area contributed by atoms with Crippen molar-refractivity contribution < 1.29 is 4.79 Å². The van der Waals surface area contributed by atoms with E-state index in [1.54, 1.807) is 12.1 Å². The molecule has 0 unspecified atom stereocenters. The molecular weight excluding hydrogens is 228 g/mol. The molecule has 1 aliphatic rings. The first-order chi connectivity index (χ1) is 8.63. The zero-order chi connectivity index (χ0) is 13.0. The Bertz CT molecular complexity index is 412. The number of aromatic nitrogens is 2. The van der Waals surface area contributed by atoms with E-state index in [0.29, 0.717) is 16.9 Å². The van der Waals surface area contributed by atoms with Crippen molar-refractivity contribution >= 4 is 11.7 Å². The van der Waals surface area contributed by atoms with E-state index in [9.17, 15) is 4.79 Å². The molecule has 0 bridgehead atoms. The van der Waals surface area contributed by atoms with Crippen LogP contribution in [0.2, 0.25) is 0 Å². The van der Waals surface area contributed by atoms with E-state index in [4.69, 9.17) is 0 Å². The summed E-state index contributed by atoms with van der Waals surface area (Å²) in [6, 6.07) is 3.49. The molecule has 1 saturated carbocycles. The quantitative estimate of drug-likeness (QED) is 0.806. The maximum atomic E-state index is 11.8. The Morgan fingerprint density at radius 2 is 2.17 bits per heavy atom.